The molecule has 1 heterocycles. The molecule has 9 heteroatoms. The van der Waals surface area contributed by atoms with E-state index in [-0.39, 0.29) is 17.1 Å². The van der Waals surface area contributed by atoms with Crippen LogP contribution in [0.4, 0.5) is 10.1 Å². The van der Waals surface area contributed by atoms with Crippen LogP contribution < -0.4 is 9.62 Å². The molecule has 33 heavy (non-hydrogen) atoms. The predicted octanol–water partition coefficient (Wildman–Crippen LogP) is 4.54. The molecule has 6 nitrogen and oxygen atoms in total. The fourth-order valence-corrected chi connectivity index (χ4v) is 5.22. The minimum Gasteiger partial charge on any atom is -0.350 e. The Kier molecular flexibility index (Phi) is 6.57. The van der Waals surface area contributed by atoms with Crippen LogP contribution in [0.3, 0.4) is 0 Å². The highest BCUT2D eigenvalue weighted by Crippen LogP contribution is 2.29. The summed E-state index contributed by atoms with van der Waals surface area (Å²) in [6.45, 7) is -0.365. The van der Waals surface area contributed by atoms with Crippen molar-refractivity contribution < 1.29 is 17.6 Å². The standard InChI is InChI=1S/C24H19ClFN3O3S/c25-22-6-2-1-4-18(22)15-28-24(30)16-29(20-10-8-19(26)9-11-20)33(31,32)23-7-3-5-17-14-27-13-12-21(17)23/h1-14H,15-16H2,(H,28,30). The van der Waals surface area contributed by atoms with Crippen molar-refractivity contribution in [2.45, 2.75) is 11.4 Å². The van der Waals surface area contributed by atoms with Crippen LogP contribution in [0, 0.1) is 5.82 Å². The number of hydrogen-bond donors (Lipinski definition) is 1. The number of rotatable bonds is 7. The molecular formula is C24H19ClFN3O3S. The summed E-state index contributed by atoms with van der Waals surface area (Å²) in [6.07, 6.45) is 3.06. The van der Waals surface area contributed by atoms with E-state index in [4.69, 9.17) is 11.6 Å². The number of carbonyl (C=O) groups is 1. The van der Waals surface area contributed by atoms with E-state index < -0.39 is 28.3 Å². The highest BCUT2D eigenvalue weighted by atomic mass is 35.5. The molecule has 4 aromatic rings. The topological polar surface area (TPSA) is 79.4 Å². The molecule has 0 atom stereocenters. The van der Waals surface area contributed by atoms with Gasteiger partial charge in [-0.05, 0) is 48.0 Å². The van der Waals surface area contributed by atoms with E-state index >= 15 is 0 Å². The second kappa shape index (κ2) is 9.56. The smallest absolute Gasteiger partial charge is 0.265 e. The lowest BCUT2D eigenvalue weighted by atomic mass is 10.2. The zero-order valence-electron chi connectivity index (χ0n) is 17.3. The number of nitrogens with zero attached hydrogens (tertiary/aromatic N) is 2. The van der Waals surface area contributed by atoms with Crippen molar-refractivity contribution in [2.24, 2.45) is 0 Å². The number of hydrogen-bond acceptors (Lipinski definition) is 4. The Morgan fingerprint density at radius 2 is 1.76 bits per heavy atom. The van der Waals surface area contributed by atoms with Gasteiger partial charge in [0.25, 0.3) is 10.0 Å². The Hall–Kier alpha value is -3.49. The lowest BCUT2D eigenvalue weighted by molar-refractivity contribution is -0.119. The SMILES string of the molecule is O=C(CN(c1ccc(F)cc1)S(=O)(=O)c1cccc2cnccc12)NCc1ccccc1Cl. The number of amides is 1. The van der Waals surface area contributed by atoms with Crippen molar-refractivity contribution in [1.29, 1.82) is 0 Å². The Morgan fingerprint density at radius 3 is 2.52 bits per heavy atom. The number of anilines is 1. The first-order valence-electron chi connectivity index (χ1n) is 9.97. The number of aromatic nitrogens is 1. The molecule has 0 fully saturated rings. The minimum absolute atomic E-state index is 0.0191. The molecule has 0 bridgehead atoms. The molecule has 3 aromatic carbocycles. The Labute approximate surface area is 195 Å². The van der Waals surface area contributed by atoms with E-state index in [1.165, 1.54) is 24.4 Å². The average molecular weight is 484 g/mol. The first-order valence-corrected chi connectivity index (χ1v) is 11.8. The third-order valence-electron chi connectivity index (χ3n) is 5.04. The molecule has 4 rings (SSSR count). The molecule has 0 spiro atoms. The summed E-state index contributed by atoms with van der Waals surface area (Å²) in [6, 6.07) is 18.4. The predicted molar refractivity (Wildman–Crippen MR) is 126 cm³/mol. The Morgan fingerprint density at radius 1 is 1.00 bits per heavy atom. The quantitative estimate of drug-likeness (QED) is 0.418. The summed E-state index contributed by atoms with van der Waals surface area (Å²) in [5.74, 6) is -1.06. The van der Waals surface area contributed by atoms with E-state index in [1.54, 1.807) is 48.7 Å². The Bertz CT molecular complexity index is 1410. The summed E-state index contributed by atoms with van der Waals surface area (Å²) in [5, 5.41) is 4.30. The molecule has 0 aliphatic heterocycles. The maximum Gasteiger partial charge on any atom is 0.265 e. The van der Waals surface area contributed by atoms with Crippen molar-refractivity contribution in [2.75, 3.05) is 10.8 Å². The average Bonchev–Trinajstić information content (AvgIpc) is 2.82. The maximum atomic E-state index is 13.7. The molecule has 0 saturated heterocycles. The van der Waals surface area contributed by atoms with E-state index in [9.17, 15) is 17.6 Å². The summed E-state index contributed by atoms with van der Waals surface area (Å²) in [7, 11) is -4.18. The number of pyridine rings is 1. The molecular weight excluding hydrogens is 465 g/mol. The van der Waals surface area contributed by atoms with Gasteiger partial charge in [-0.15, -0.1) is 0 Å². The van der Waals surface area contributed by atoms with E-state index in [0.29, 0.717) is 21.4 Å². The summed E-state index contributed by atoms with van der Waals surface area (Å²) in [5.41, 5.74) is 0.862. The molecule has 0 unspecified atom stereocenters. The van der Waals surface area contributed by atoms with Crippen LogP contribution in [0.2, 0.25) is 5.02 Å². The molecule has 0 radical (unpaired) electrons. The molecule has 1 amide bonds. The van der Waals surface area contributed by atoms with E-state index in [0.717, 1.165) is 16.4 Å². The van der Waals surface area contributed by atoms with Crippen LogP contribution in [0.25, 0.3) is 10.8 Å². The van der Waals surface area contributed by atoms with Gasteiger partial charge >= 0.3 is 0 Å². The van der Waals surface area contributed by atoms with Crippen LogP contribution in [-0.4, -0.2) is 25.9 Å². The molecule has 0 aliphatic carbocycles. The number of nitrogens with one attached hydrogen (secondary N) is 1. The zero-order chi connectivity index (χ0) is 23.4. The lowest BCUT2D eigenvalue weighted by Gasteiger charge is -2.25. The monoisotopic (exact) mass is 483 g/mol. The van der Waals surface area contributed by atoms with E-state index in [2.05, 4.69) is 10.3 Å². The van der Waals surface area contributed by atoms with Crippen molar-refractivity contribution in [3.63, 3.8) is 0 Å². The zero-order valence-corrected chi connectivity index (χ0v) is 18.9. The van der Waals surface area contributed by atoms with Crippen molar-refractivity contribution in [1.82, 2.24) is 10.3 Å². The second-order valence-electron chi connectivity index (χ2n) is 7.21. The fourth-order valence-electron chi connectivity index (χ4n) is 3.38. The normalized spacial score (nSPS) is 11.3. The van der Waals surface area contributed by atoms with Gasteiger partial charge in [0.15, 0.2) is 0 Å². The van der Waals surface area contributed by atoms with Crippen LogP contribution in [0.1, 0.15) is 5.56 Å². The van der Waals surface area contributed by atoms with Crippen LogP contribution in [0.15, 0.2) is 90.1 Å². The van der Waals surface area contributed by atoms with Crippen LogP contribution >= 0.6 is 11.6 Å². The van der Waals surface area contributed by atoms with Gasteiger partial charge in [0, 0.05) is 34.7 Å². The highest BCUT2D eigenvalue weighted by Gasteiger charge is 2.28. The number of sulfonamides is 1. The molecule has 0 aliphatic rings. The van der Waals surface area contributed by atoms with Gasteiger partial charge in [-0.25, -0.2) is 12.8 Å². The van der Waals surface area contributed by atoms with Crippen molar-refractivity contribution in [3.8, 4) is 0 Å². The van der Waals surface area contributed by atoms with E-state index in [1.807, 2.05) is 0 Å². The van der Waals surface area contributed by atoms with Crippen LogP contribution in [0.5, 0.6) is 0 Å². The third kappa shape index (κ3) is 4.97. The molecule has 1 N–H and O–H groups in total. The number of fused-ring (bicyclic) bond motifs is 1. The number of carbonyl (C=O) groups excluding carboxylic acids is 1. The summed E-state index contributed by atoms with van der Waals surface area (Å²) < 4.78 is 41.9. The third-order valence-corrected chi connectivity index (χ3v) is 7.25. The fraction of sp³-hybridized carbons (Fsp3) is 0.0833. The summed E-state index contributed by atoms with van der Waals surface area (Å²) in [4.78, 5) is 16.8. The molecule has 0 saturated carbocycles. The van der Waals surface area contributed by atoms with Crippen molar-refractivity contribution >= 4 is 44.0 Å². The number of benzene rings is 3. The lowest BCUT2D eigenvalue weighted by Crippen LogP contribution is -2.40. The molecule has 1 aromatic heterocycles. The Balaban J connectivity index is 1.68. The second-order valence-corrected chi connectivity index (χ2v) is 9.45. The summed E-state index contributed by atoms with van der Waals surface area (Å²) >= 11 is 6.13. The maximum absolute atomic E-state index is 13.7. The van der Waals surface area contributed by atoms with Gasteiger partial charge in [0.05, 0.1) is 10.6 Å². The van der Waals surface area contributed by atoms with Gasteiger partial charge in [0.1, 0.15) is 12.4 Å². The van der Waals surface area contributed by atoms with Crippen LogP contribution in [-0.2, 0) is 21.4 Å². The first-order chi connectivity index (χ1) is 15.9. The number of halogens is 2. The van der Waals surface area contributed by atoms with Gasteiger partial charge in [-0.3, -0.25) is 14.1 Å². The van der Waals surface area contributed by atoms with Gasteiger partial charge < -0.3 is 5.32 Å². The first kappa shape index (κ1) is 22.7. The van der Waals surface area contributed by atoms with Gasteiger partial charge in [0.2, 0.25) is 5.91 Å². The van der Waals surface area contributed by atoms with Gasteiger partial charge in [-0.2, -0.15) is 0 Å². The molecule has 168 valence electrons. The van der Waals surface area contributed by atoms with Gasteiger partial charge in [-0.1, -0.05) is 41.9 Å². The minimum atomic E-state index is -4.18. The largest absolute Gasteiger partial charge is 0.350 e. The van der Waals surface area contributed by atoms with Crippen molar-refractivity contribution in [3.05, 3.63) is 102 Å². The highest BCUT2D eigenvalue weighted by molar-refractivity contribution is 7.93.